The molecule has 7 nitrogen and oxygen atoms in total. The maximum Gasteiger partial charge on any atom is 0.272 e. The lowest BCUT2D eigenvalue weighted by Gasteiger charge is -2.23. The van der Waals surface area contributed by atoms with Gasteiger partial charge in [0.1, 0.15) is 18.0 Å². The summed E-state index contributed by atoms with van der Waals surface area (Å²) in [7, 11) is 0. The summed E-state index contributed by atoms with van der Waals surface area (Å²) in [6, 6.07) is 12.5. The summed E-state index contributed by atoms with van der Waals surface area (Å²) in [5.74, 6) is -0.351. The highest BCUT2D eigenvalue weighted by atomic mass is 19.1. The van der Waals surface area contributed by atoms with E-state index in [4.69, 9.17) is 0 Å². The van der Waals surface area contributed by atoms with E-state index < -0.39 is 11.4 Å². The van der Waals surface area contributed by atoms with Crippen LogP contribution in [0.4, 0.5) is 10.1 Å². The van der Waals surface area contributed by atoms with Crippen LogP contribution in [-0.2, 0) is 6.54 Å². The van der Waals surface area contributed by atoms with E-state index in [2.05, 4.69) is 32.2 Å². The van der Waals surface area contributed by atoms with Gasteiger partial charge in [-0.2, -0.15) is 10.2 Å². The van der Waals surface area contributed by atoms with Crippen LogP contribution in [0.25, 0.3) is 10.8 Å². The van der Waals surface area contributed by atoms with Crippen LogP contribution in [0, 0.1) is 5.82 Å². The number of rotatable bonds is 4. The number of H-pyrrole nitrogens is 1. The number of aromatic nitrogens is 5. The second-order valence-electron chi connectivity index (χ2n) is 7.32. The Morgan fingerprint density at radius 2 is 2.03 bits per heavy atom. The molecule has 0 saturated carbocycles. The summed E-state index contributed by atoms with van der Waals surface area (Å²) in [5, 5.41) is 12.1. The van der Waals surface area contributed by atoms with Crippen LogP contribution < -0.4 is 5.56 Å². The average Bonchev–Trinajstić information content (AvgIpc) is 3.14. The summed E-state index contributed by atoms with van der Waals surface area (Å²) in [6.45, 7) is 2.77. The van der Waals surface area contributed by atoms with Gasteiger partial charge < -0.3 is 0 Å². The summed E-state index contributed by atoms with van der Waals surface area (Å²) < 4.78 is 16.1. The number of hydrogen-bond acceptors (Lipinski definition) is 5. The maximum absolute atomic E-state index is 14.2. The van der Waals surface area contributed by atoms with Gasteiger partial charge in [-0.3, -0.25) is 9.79 Å². The average molecular weight is 402 g/mol. The van der Waals surface area contributed by atoms with Gasteiger partial charge in [-0.25, -0.2) is 19.2 Å². The molecule has 2 aromatic heterocycles. The van der Waals surface area contributed by atoms with Gasteiger partial charge in [0.2, 0.25) is 0 Å². The number of benzene rings is 2. The van der Waals surface area contributed by atoms with Crippen LogP contribution in [0.1, 0.15) is 42.3 Å². The first-order valence-electron chi connectivity index (χ1n) is 9.86. The monoisotopic (exact) mass is 402 g/mol. The van der Waals surface area contributed by atoms with E-state index in [0.717, 1.165) is 17.8 Å². The zero-order valence-corrected chi connectivity index (χ0v) is 16.3. The zero-order valence-electron chi connectivity index (χ0n) is 16.3. The summed E-state index contributed by atoms with van der Waals surface area (Å²) in [4.78, 5) is 21.6. The van der Waals surface area contributed by atoms with Gasteiger partial charge >= 0.3 is 0 Å². The number of nitrogens with one attached hydrogen (secondary N) is 1. The Kier molecular flexibility index (Phi) is 4.46. The molecule has 2 aromatic carbocycles. The lowest BCUT2D eigenvalue weighted by atomic mass is 9.83. The lowest BCUT2D eigenvalue weighted by molar-refractivity contribution is 0.536. The third-order valence-electron chi connectivity index (χ3n) is 5.43. The second kappa shape index (κ2) is 7.29. The summed E-state index contributed by atoms with van der Waals surface area (Å²) >= 11 is 0. The Labute approximate surface area is 171 Å². The van der Waals surface area contributed by atoms with E-state index in [1.807, 2.05) is 35.0 Å². The molecule has 0 bridgehead atoms. The predicted octanol–water partition coefficient (Wildman–Crippen LogP) is 3.70. The molecule has 1 N–H and O–H groups in total. The van der Waals surface area contributed by atoms with Crippen molar-refractivity contribution < 1.29 is 4.39 Å². The number of aryl methyl sites for hydroxylation is 1. The minimum absolute atomic E-state index is 0.219. The smallest absolute Gasteiger partial charge is 0.267 e. The third kappa shape index (κ3) is 2.92. The molecule has 0 radical (unpaired) electrons. The van der Waals surface area contributed by atoms with Gasteiger partial charge in [0, 0.05) is 30.1 Å². The van der Waals surface area contributed by atoms with Crippen LogP contribution in [0.2, 0.25) is 0 Å². The van der Waals surface area contributed by atoms with Crippen molar-refractivity contribution in [2.24, 2.45) is 4.99 Å². The third-order valence-corrected chi connectivity index (χ3v) is 5.43. The van der Waals surface area contributed by atoms with E-state index >= 15 is 0 Å². The Morgan fingerprint density at radius 1 is 1.20 bits per heavy atom. The molecular weight excluding hydrogens is 383 g/mol. The Bertz CT molecular complexity index is 1310. The molecule has 3 heterocycles. The molecule has 2 atom stereocenters. The Morgan fingerprint density at radius 3 is 2.83 bits per heavy atom. The standard InChI is InChI=1S/C22H19FN6O/c1-2-8-29-21(25-12-26-29)19-16(13-6-4-3-5-7-13)11-24-17-10-14(23)9-15-18(17)20(19)27-28-22(15)30/h3-7,9-12,16,19H,2,8H2,1H3,(H,28,30). The molecule has 0 saturated heterocycles. The van der Waals surface area contributed by atoms with Gasteiger partial charge in [0.15, 0.2) is 0 Å². The van der Waals surface area contributed by atoms with Crippen molar-refractivity contribution in [2.45, 2.75) is 31.7 Å². The largest absolute Gasteiger partial charge is 0.272 e. The van der Waals surface area contributed by atoms with Crippen molar-refractivity contribution in [1.82, 2.24) is 25.0 Å². The van der Waals surface area contributed by atoms with Crippen molar-refractivity contribution in [3.63, 3.8) is 0 Å². The molecule has 4 aromatic rings. The molecule has 0 spiro atoms. The molecule has 1 aliphatic rings. The molecule has 2 unspecified atom stereocenters. The fraction of sp³-hybridized carbons (Fsp3) is 0.227. The van der Waals surface area contributed by atoms with E-state index in [1.54, 1.807) is 6.21 Å². The topological polar surface area (TPSA) is 88.8 Å². The summed E-state index contributed by atoms with van der Waals surface area (Å²) in [5.41, 5.74) is 1.57. The molecule has 30 heavy (non-hydrogen) atoms. The number of aromatic amines is 1. The van der Waals surface area contributed by atoms with Crippen LogP contribution in [-0.4, -0.2) is 31.2 Å². The maximum atomic E-state index is 14.2. The first-order chi connectivity index (χ1) is 14.7. The van der Waals surface area contributed by atoms with Crippen molar-refractivity contribution >= 4 is 22.7 Å². The van der Waals surface area contributed by atoms with Crippen molar-refractivity contribution in [3.05, 3.63) is 82.0 Å². The Balaban J connectivity index is 1.85. The minimum Gasteiger partial charge on any atom is -0.267 e. The highest BCUT2D eigenvalue weighted by Crippen LogP contribution is 2.43. The number of hydrogen-bond donors (Lipinski definition) is 1. The van der Waals surface area contributed by atoms with E-state index in [9.17, 15) is 9.18 Å². The Hall–Kier alpha value is -3.68. The second-order valence-corrected chi connectivity index (χ2v) is 7.32. The van der Waals surface area contributed by atoms with Gasteiger partial charge in [-0.15, -0.1) is 0 Å². The van der Waals surface area contributed by atoms with Crippen LogP contribution in [0.15, 0.2) is 58.6 Å². The van der Waals surface area contributed by atoms with Gasteiger partial charge in [0.25, 0.3) is 5.56 Å². The van der Waals surface area contributed by atoms with Gasteiger partial charge in [-0.05, 0) is 18.1 Å². The number of nitrogens with zero attached hydrogens (tertiary/aromatic N) is 5. The van der Waals surface area contributed by atoms with Crippen LogP contribution in [0.5, 0.6) is 0 Å². The SMILES string of the molecule is CCCn1ncnc1C1c2n[nH]c(=O)c3cc(F)cc(c23)N=CC1c1ccccc1. The molecule has 1 aliphatic heterocycles. The van der Waals surface area contributed by atoms with Crippen LogP contribution >= 0.6 is 0 Å². The fourth-order valence-corrected chi connectivity index (χ4v) is 4.15. The lowest BCUT2D eigenvalue weighted by Crippen LogP contribution is -2.22. The molecule has 8 heteroatoms. The van der Waals surface area contributed by atoms with E-state index in [-0.39, 0.29) is 17.2 Å². The normalized spacial score (nSPS) is 17.9. The fourth-order valence-electron chi connectivity index (χ4n) is 4.15. The van der Waals surface area contributed by atoms with E-state index in [0.29, 0.717) is 23.3 Å². The molecule has 0 aliphatic carbocycles. The first kappa shape index (κ1) is 18.4. The molecule has 0 fully saturated rings. The number of aliphatic imine (C=N–C) groups is 1. The van der Waals surface area contributed by atoms with Gasteiger partial charge in [0.05, 0.1) is 22.7 Å². The predicted molar refractivity (Wildman–Crippen MR) is 112 cm³/mol. The highest BCUT2D eigenvalue weighted by molar-refractivity contribution is 5.97. The minimum atomic E-state index is -0.513. The molecular formula is C22H19FN6O. The molecule has 150 valence electrons. The van der Waals surface area contributed by atoms with Gasteiger partial charge in [-0.1, -0.05) is 37.3 Å². The van der Waals surface area contributed by atoms with Crippen molar-refractivity contribution in [2.75, 3.05) is 0 Å². The highest BCUT2D eigenvalue weighted by Gasteiger charge is 2.35. The quantitative estimate of drug-likeness (QED) is 0.564. The molecule has 0 amide bonds. The van der Waals surface area contributed by atoms with Crippen LogP contribution in [0.3, 0.4) is 0 Å². The number of halogens is 1. The van der Waals surface area contributed by atoms with Crippen molar-refractivity contribution in [1.29, 1.82) is 0 Å². The zero-order chi connectivity index (χ0) is 20.7. The van der Waals surface area contributed by atoms with E-state index in [1.165, 1.54) is 18.5 Å². The summed E-state index contributed by atoms with van der Waals surface area (Å²) in [6.07, 6.45) is 4.22. The first-order valence-corrected chi connectivity index (χ1v) is 9.86. The molecule has 5 rings (SSSR count). The van der Waals surface area contributed by atoms with Crippen molar-refractivity contribution in [3.8, 4) is 0 Å².